The molecule has 1 aliphatic carbocycles. The van der Waals surface area contributed by atoms with Gasteiger partial charge in [0.25, 0.3) is 0 Å². The minimum atomic E-state index is -0.518. The monoisotopic (exact) mass is 407 g/mol. The zero-order valence-electron chi connectivity index (χ0n) is 17.2. The van der Waals surface area contributed by atoms with Crippen LogP contribution in [0.4, 0.5) is 0 Å². The Bertz CT molecular complexity index is 595. The Morgan fingerprint density at radius 3 is 2.79 bits per heavy atom. The van der Waals surface area contributed by atoms with Gasteiger partial charge in [-0.15, -0.1) is 0 Å². The number of pyridine rings is 1. The van der Waals surface area contributed by atoms with Gasteiger partial charge in [0.15, 0.2) is 0 Å². The first-order valence-corrected chi connectivity index (χ1v) is 10.4. The molecule has 162 valence electrons. The van der Waals surface area contributed by atoms with Crippen molar-refractivity contribution in [2.24, 2.45) is 5.92 Å². The molecule has 0 saturated heterocycles. The lowest BCUT2D eigenvalue weighted by atomic mass is 9.89. The van der Waals surface area contributed by atoms with Gasteiger partial charge in [-0.2, -0.15) is 0 Å². The van der Waals surface area contributed by atoms with Gasteiger partial charge in [0.05, 0.1) is 12.6 Å². The highest BCUT2D eigenvalue weighted by Crippen LogP contribution is 2.26. The lowest BCUT2D eigenvalue weighted by Gasteiger charge is -2.38. The highest BCUT2D eigenvalue weighted by atomic mass is 16.7. The maximum Gasteiger partial charge on any atom is 0.246 e. The lowest BCUT2D eigenvalue weighted by molar-refractivity contribution is -0.137. The molecule has 2 amide bonds. The number of amides is 2. The van der Waals surface area contributed by atoms with Crippen molar-refractivity contribution >= 4 is 12.3 Å². The summed E-state index contributed by atoms with van der Waals surface area (Å²) in [7, 11) is 0. The number of aromatic nitrogens is 1. The zero-order chi connectivity index (χ0) is 20.9. The predicted octanol–water partition coefficient (Wildman–Crippen LogP) is 2.31. The average Bonchev–Trinajstić information content (AvgIpc) is 2.77. The number of carbonyl (C=O) groups is 2. The molecular weight excluding hydrogens is 374 g/mol. The van der Waals surface area contributed by atoms with Gasteiger partial charge < -0.3 is 14.4 Å². The van der Waals surface area contributed by atoms with Crippen LogP contribution >= 0.6 is 0 Å². The largest absolute Gasteiger partial charge is 0.356 e. The predicted molar refractivity (Wildman–Crippen MR) is 107 cm³/mol. The van der Waals surface area contributed by atoms with Gasteiger partial charge in [0.2, 0.25) is 12.3 Å². The number of ether oxygens (including phenoxy) is 2. The van der Waals surface area contributed by atoms with Crippen molar-refractivity contribution < 1.29 is 24.3 Å². The number of nitrogens with one attached hydrogen (secondary N) is 1. The van der Waals surface area contributed by atoms with Crippen molar-refractivity contribution in [1.82, 2.24) is 15.4 Å². The van der Waals surface area contributed by atoms with Crippen LogP contribution in [-0.2, 0) is 25.5 Å². The van der Waals surface area contributed by atoms with Crippen LogP contribution in [-0.4, -0.2) is 59.5 Å². The SMILES string of the molecule is CCOCOCC(CC(Cc1cccnc1)C(=O)NO)N(C=O)C1CCCCC1. The Labute approximate surface area is 172 Å². The van der Waals surface area contributed by atoms with E-state index in [0.717, 1.165) is 37.7 Å². The first kappa shape index (κ1) is 23.3. The summed E-state index contributed by atoms with van der Waals surface area (Å²) in [6.45, 7) is 2.85. The van der Waals surface area contributed by atoms with Gasteiger partial charge in [-0.25, -0.2) is 5.48 Å². The summed E-state index contributed by atoms with van der Waals surface area (Å²) in [5.74, 6) is -0.992. The smallest absolute Gasteiger partial charge is 0.246 e. The molecule has 1 heterocycles. The van der Waals surface area contributed by atoms with Crippen LogP contribution in [0.5, 0.6) is 0 Å². The molecule has 2 atom stereocenters. The van der Waals surface area contributed by atoms with E-state index in [1.54, 1.807) is 17.9 Å². The molecule has 2 rings (SSSR count). The van der Waals surface area contributed by atoms with Crippen LogP contribution < -0.4 is 5.48 Å². The van der Waals surface area contributed by atoms with Gasteiger partial charge >= 0.3 is 0 Å². The summed E-state index contributed by atoms with van der Waals surface area (Å²) in [5, 5.41) is 9.24. The van der Waals surface area contributed by atoms with Gasteiger partial charge in [0, 0.05) is 31.0 Å². The highest BCUT2D eigenvalue weighted by molar-refractivity contribution is 5.77. The number of hydroxylamine groups is 1. The molecule has 2 unspecified atom stereocenters. The van der Waals surface area contributed by atoms with E-state index in [1.165, 1.54) is 6.42 Å². The van der Waals surface area contributed by atoms with E-state index in [-0.39, 0.29) is 25.5 Å². The Kier molecular flexibility index (Phi) is 10.6. The molecule has 1 saturated carbocycles. The number of nitrogens with zero attached hydrogens (tertiary/aromatic N) is 2. The Morgan fingerprint density at radius 1 is 1.38 bits per heavy atom. The maximum absolute atomic E-state index is 12.4. The van der Waals surface area contributed by atoms with Crippen molar-refractivity contribution in [3.8, 4) is 0 Å². The van der Waals surface area contributed by atoms with Gasteiger partial charge in [-0.3, -0.25) is 19.8 Å². The van der Waals surface area contributed by atoms with E-state index in [0.29, 0.717) is 19.4 Å². The van der Waals surface area contributed by atoms with Crippen molar-refractivity contribution in [3.05, 3.63) is 30.1 Å². The van der Waals surface area contributed by atoms with Crippen LogP contribution in [0.25, 0.3) is 0 Å². The number of hydrogen-bond donors (Lipinski definition) is 2. The summed E-state index contributed by atoms with van der Waals surface area (Å²) in [6, 6.07) is 3.57. The molecule has 1 aromatic heterocycles. The third-order valence-electron chi connectivity index (χ3n) is 5.46. The standard InChI is InChI=1S/C21H33N3O5/c1-2-28-16-29-14-20(24(15-25)19-8-4-3-5-9-19)12-18(21(26)23-27)11-17-7-6-10-22-13-17/h6-7,10,13,15,18-20,27H,2-5,8-9,11-12,14,16H2,1H3,(H,23,26). The second kappa shape index (κ2) is 13.2. The second-order valence-electron chi connectivity index (χ2n) is 7.45. The van der Waals surface area contributed by atoms with Gasteiger partial charge in [0.1, 0.15) is 6.79 Å². The van der Waals surface area contributed by atoms with E-state index < -0.39 is 11.8 Å². The molecule has 29 heavy (non-hydrogen) atoms. The highest BCUT2D eigenvalue weighted by Gasteiger charge is 2.31. The zero-order valence-corrected chi connectivity index (χ0v) is 17.2. The maximum atomic E-state index is 12.4. The first-order chi connectivity index (χ1) is 14.2. The van der Waals surface area contributed by atoms with E-state index >= 15 is 0 Å². The van der Waals surface area contributed by atoms with Gasteiger partial charge in [-0.05, 0) is 44.2 Å². The van der Waals surface area contributed by atoms with Gasteiger partial charge in [-0.1, -0.05) is 25.3 Å². The summed E-state index contributed by atoms with van der Waals surface area (Å²) < 4.78 is 10.9. The molecule has 1 aliphatic rings. The van der Waals surface area contributed by atoms with E-state index in [9.17, 15) is 14.8 Å². The number of carbonyl (C=O) groups excluding carboxylic acids is 2. The molecule has 0 radical (unpaired) electrons. The molecule has 8 heteroatoms. The molecular formula is C21H33N3O5. The van der Waals surface area contributed by atoms with Crippen molar-refractivity contribution in [2.75, 3.05) is 20.0 Å². The molecule has 0 aliphatic heterocycles. The normalized spacial score (nSPS) is 16.8. The fourth-order valence-corrected chi connectivity index (χ4v) is 3.96. The summed E-state index contributed by atoms with van der Waals surface area (Å²) in [5.41, 5.74) is 2.67. The minimum Gasteiger partial charge on any atom is -0.356 e. The van der Waals surface area contributed by atoms with Crippen LogP contribution in [0.2, 0.25) is 0 Å². The van der Waals surface area contributed by atoms with E-state index in [2.05, 4.69) is 4.98 Å². The molecule has 2 N–H and O–H groups in total. The Morgan fingerprint density at radius 2 is 2.17 bits per heavy atom. The fraction of sp³-hybridized carbons (Fsp3) is 0.667. The topological polar surface area (TPSA) is 101 Å². The average molecular weight is 408 g/mol. The number of rotatable bonds is 13. The van der Waals surface area contributed by atoms with Crippen LogP contribution in [0.15, 0.2) is 24.5 Å². The van der Waals surface area contributed by atoms with Crippen LogP contribution in [0.1, 0.15) is 51.0 Å². The summed E-state index contributed by atoms with van der Waals surface area (Å²) in [6.07, 6.45) is 10.3. The molecule has 0 bridgehead atoms. The van der Waals surface area contributed by atoms with E-state index in [4.69, 9.17) is 9.47 Å². The summed E-state index contributed by atoms with van der Waals surface area (Å²) >= 11 is 0. The lowest BCUT2D eigenvalue weighted by Crippen LogP contribution is -2.48. The van der Waals surface area contributed by atoms with Crippen LogP contribution in [0.3, 0.4) is 0 Å². The van der Waals surface area contributed by atoms with Crippen molar-refractivity contribution in [3.63, 3.8) is 0 Å². The number of hydrogen-bond acceptors (Lipinski definition) is 6. The fourth-order valence-electron chi connectivity index (χ4n) is 3.96. The van der Waals surface area contributed by atoms with E-state index in [1.807, 2.05) is 24.0 Å². The second-order valence-corrected chi connectivity index (χ2v) is 7.45. The Hall–Kier alpha value is -2.03. The van der Waals surface area contributed by atoms with Crippen molar-refractivity contribution in [1.29, 1.82) is 0 Å². The molecule has 0 aromatic carbocycles. The third-order valence-corrected chi connectivity index (χ3v) is 5.46. The molecule has 0 spiro atoms. The molecule has 1 aromatic rings. The van der Waals surface area contributed by atoms with Crippen LogP contribution in [0, 0.1) is 5.92 Å². The molecule has 1 fully saturated rings. The Balaban J connectivity index is 2.14. The third kappa shape index (κ3) is 7.72. The quantitative estimate of drug-likeness (QED) is 0.171. The first-order valence-electron chi connectivity index (χ1n) is 10.4. The molecule has 8 nitrogen and oxygen atoms in total. The minimum absolute atomic E-state index is 0.143. The summed E-state index contributed by atoms with van der Waals surface area (Å²) in [4.78, 5) is 30.3. The van der Waals surface area contributed by atoms with Crippen molar-refractivity contribution in [2.45, 2.75) is 64.0 Å².